The molecule has 1 aliphatic carbocycles. The van der Waals surface area contributed by atoms with E-state index in [2.05, 4.69) is 9.97 Å². The van der Waals surface area contributed by atoms with Gasteiger partial charge >= 0.3 is 0 Å². The highest BCUT2D eigenvalue weighted by molar-refractivity contribution is 5.72. The van der Waals surface area contributed by atoms with E-state index in [1.54, 1.807) is 18.3 Å². The van der Waals surface area contributed by atoms with Crippen LogP contribution in [0.15, 0.2) is 40.9 Å². The Hall–Kier alpha value is -2.23. The van der Waals surface area contributed by atoms with Crippen LogP contribution in [0.4, 0.5) is 4.39 Å². The van der Waals surface area contributed by atoms with Gasteiger partial charge in [-0.3, -0.25) is 0 Å². The van der Waals surface area contributed by atoms with Crippen LogP contribution in [-0.2, 0) is 6.42 Å². The molecule has 4 heteroatoms. The van der Waals surface area contributed by atoms with Gasteiger partial charge < -0.3 is 4.42 Å². The minimum Gasteiger partial charge on any atom is -0.457 e. The Bertz CT molecular complexity index is 760. The summed E-state index contributed by atoms with van der Waals surface area (Å²) in [6.07, 6.45) is 4.76. The van der Waals surface area contributed by atoms with Crippen molar-refractivity contribution in [3.8, 4) is 0 Å². The monoisotopic (exact) mass is 268 g/mol. The molecule has 3 nitrogen and oxygen atoms in total. The van der Waals surface area contributed by atoms with Crippen molar-refractivity contribution in [3.63, 3.8) is 0 Å². The first-order valence-corrected chi connectivity index (χ1v) is 6.78. The maximum atomic E-state index is 12.9. The standard InChI is InChI=1S/C16H13FN2O/c17-12-5-1-10(2-6-12)7-13-8-14-15(20-13)9-18-16(19-14)11-3-4-11/h1-2,5-6,8-9,11H,3-4,7H2. The molecule has 2 aromatic heterocycles. The average molecular weight is 268 g/mol. The number of benzene rings is 1. The fourth-order valence-corrected chi connectivity index (χ4v) is 2.33. The summed E-state index contributed by atoms with van der Waals surface area (Å²) in [7, 11) is 0. The van der Waals surface area contributed by atoms with E-state index >= 15 is 0 Å². The van der Waals surface area contributed by atoms with Crippen LogP contribution in [0, 0.1) is 5.82 Å². The molecule has 1 aromatic carbocycles. The molecule has 1 aliphatic rings. The molecule has 0 saturated heterocycles. The van der Waals surface area contributed by atoms with E-state index in [1.807, 2.05) is 6.07 Å². The number of nitrogens with zero attached hydrogens (tertiary/aromatic N) is 2. The van der Waals surface area contributed by atoms with E-state index in [0.29, 0.717) is 17.9 Å². The molecule has 3 aromatic rings. The molecule has 0 atom stereocenters. The number of rotatable bonds is 3. The minimum absolute atomic E-state index is 0.224. The zero-order chi connectivity index (χ0) is 13.5. The molecule has 1 saturated carbocycles. The molecule has 100 valence electrons. The number of hydrogen-bond donors (Lipinski definition) is 0. The average Bonchev–Trinajstić information content (AvgIpc) is 3.22. The van der Waals surface area contributed by atoms with Crippen molar-refractivity contribution in [2.24, 2.45) is 0 Å². The Labute approximate surface area is 115 Å². The third-order valence-electron chi connectivity index (χ3n) is 3.57. The van der Waals surface area contributed by atoms with Gasteiger partial charge in [-0.05, 0) is 30.5 Å². The molecule has 2 heterocycles. The molecular formula is C16H13FN2O. The zero-order valence-corrected chi connectivity index (χ0v) is 10.8. The lowest BCUT2D eigenvalue weighted by Gasteiger charge is -1.97. The second-order valence-electron chi connectivity index (χ2n) is 5.27. The van der Waals surface area contributed by atoms with Gasteiger partial charge in [0.1, 0.15) is 22.9 Å². The Morgan fingerprint density at radius 1 is 1.20 bits per heavy atom. The third kappa shape index (κ3) is 2.18. The van der Waals surface area contributed by atoms with Gasteiger partial charge in [0, 0.05) is 18.4 Å². The molecule has 1 fully saturated rings. The maximum Gasteiger partial charge on any atom is 0.171 e. The topological polar surface area (TPSA) is 38.9 Å². The van der Waals surface area contributed by atoms with Crippen LogP contribution < -0.4 is 0 Å². The first-order valence-electron chi connectivity index (χ1n) is 6.78. The van der Waals surface area contributed by atoms with Crippen molar-refractivity contribution in [1.29, 1.82) is 0 Å². The maximum absolute atomic E-state index is 12.9. The Morgan fingerprint density at radius 2 is 2.00 bits per heavy atom. The fraction of sp³-hybridized carbons (Fsp3) is 0.250. The first kappa shape index (κ1) is 11.6. The second kappa shape index (κ2) is 4.40. The van der Waals surface area contributed by atoms with Crippen molar-refractivity contribution in [1.82, 2.24) is 9.97 Å². The van der Waals surface area contributed by atoms with Gasteiger partial charge in [0.2, 0.25) is 0 Å². The van der Waals surface area contributed by atoms with E-state index in [-0.39, 0.29) is 5.82 Å². The van der Waals surface area contributed by atoms with Gasteiger partial charge in [-0.25, -0.2) is 14.4 Å². The quantitative estimate of drug-likeness (QED) is 0.724. The molecule has 0 spiro atoms. The van der Waals surface area contributed by atoms with Crippen LogP contribution in [0.3, 0.4) is 0 Å². The van der Waals surface area contributed by atoms with Gasteiger partial charge in [0.15, 0.2) is 5.58 Å². The highest BCUT2D eigenvalue weighted by Crippen LogP contribution is 2.38. The summed E-state index contributed by atoms with van der Waals surface area (Å²) < 4.78 is 18.6. The summed E-state index contributed by atoms with van der Waals surface area (Å²) >= 11 is 0. The second-order valence-corrected chi connectivity index (χ2v) is 5.27. The number of aromatic nitrogens is 2. The highest BCUT2D eigenvalue weighted by atomic mass is 19.1. The van der Waals surface area contributed by atoms with Gasteiger partial charge in [-0.1, -0.05) is 12.1 Å². The summed E-state index contributed by atoms with van der Waals surface area (Å²) in [6.45, 7) is 0. The molecular weight excluding hydrogens is 255 g/mol. The SMILES string of the molecule is Fc1ccc(Cc2cc3nc(C4CC4)ncc3o2)cc1. The number of halogens is 1. The first-order chi connectivity index (χ1) is 9.78. The third-order valence-corrected chi connectivity index (χ3v) is 3.57. The predicted molar refractivity (Wildman–Crippen MR) is 73.0 cm³/mol. The largest absolute Gasteiger partial charge is 0.457 e. The van der Waals surface area contributed by atoms with Gasteiger partial charge in [-0.15, -0.1) is 0 Å². The Balaban J connectivity index is 1.64. The summed E-state index contributed by atoms with van der Waals surface area (Å²) in [6, 6.07) is 8.41. The van der Waals surface area contributed by atoms with Crippen molar-refractivity contribution in [3.05, 3.63) is 59.5 Å². The molecule has 0 N–H and O–H groups in total. The van der Waals surface area contributed by atoms with Crippen LogP contribution in [-0.4, -0.2) is 9.97 Å². The Morgan fingerprint density at radius 3 is 2.75 bits per heavy atom. The molecule has 0 amide bonds. The van der Waals surface area contributed by atoms with Crippen molar-refractivity contribution >= 4 is 11.1 Å². The van der Waals surface area contributed by atoms with Crippen LogP contribution in [0.5, 0.6) is 0 Å². The van der Waals surface area contributed by atoms with Crippen LogP contribution in [0.25, 0.3) is 11.1 Å². The predicted octanol–water partition coefficient (Wildman–Crippen LogP) is 3.83. The minimum atomic E-state index is -0.224. The zero-order valence-electron chi connectivity index (χ0n) is 10.8. The molecule has 0 radical (unpaired) electrons. The number of hydrogen-bond acceptors (Lipinski definition) is 3. The Kier molecular flexibility index (Phi) is 2.55. The lowest BCUT2D eigenvalue weighted by molar-refractivity contribution is 0.560. The van der Waals surface area contributed by atoms with Gasteiger partial charge in [-0.2, -0.15) is 0 Å². The summed E-state index contributed by atoms with van der Waals surface area (Å²) in [5.41, 5.74) is 2.59. The number of furan rings is 1. The van der Waals surface area contributed by atoms with Crippen molar-refractivity contribution < 1.29 is 8.81 Å². The lowest BCUT2D eigenvalue weighted by Crippen LogP contribution is -1.89. The normalized spacial score (nSPS) is 14.8. The van der Waals surface area contributed by atoms with E-state index in [0.717, 1.165) is 22.7 Å². The fourth-order valence-electron chi connectivity index (χ4n) is 2.33. The molecule has 0 bridgehead atoms. The van der Waals surface area contributed by atoms with Crippen LogP contribution in [0.1, 0.15) is 35.9 Å². The van der Waals surface area contributed by atoms with E-state index in [9.17, 15) is 4.39 Å². The molecule has 0 aliphatic heterocycles. The van der Waals surface area contributed by atoms with Crippen molar-refractivity contribution in [2.45, 2.75) is 25.2 Å². The van der Waals surface area contributed by atoms with Crippen molar-refractivity contribution in [2.75, 3.05) is 0 Å². The van der Waals surface area contributed by atoms with E-state index in [1.165, 1.54) is 25.0 Å². The lowest BCUT2D eigenvalue weighted by atomic mass is 10.1. The molecule has 0 unspecified atom stereocenters. The summed E-state index contributed by atoms with van der Waals surface area (Å²) in [4.78, 5) is 8.90. The van der Waals surface area contributed by atoms with E-state index in [4.69, 9.17) is 4.42 Å². The number of fused-ring (bicyclic) bond motifs is 1. The van der Waals surface area contributed by atoms with Crippen LogP contribution in [0.2, 0.25) is 0 Å². The highest BCUT2D eigenvalue weighted by Gasteiger charge is 2.26. The molecule has 4 rings (SSSR count). The van der Waals surface area contributed by atoms with Crippen LogP contribution >= 0.6 is 0 Å². The summed E-state index contributed by atoms with van der Waals surface area (Å²) in [5.74, 6) is 2.06. The molecule has 20 heavy (non-hydrogen) atoms. The smallest absolute Gasteiger partial charge is 0.171 e. The van der Waals surface area contributed by atoms with Gasteiger partial charge in [0.25, 0.3) is 0 Å². The van der Waals surface area contributed by atoms with E-state index < -0.39 is 0 Å². The summed E-state index contributed by atoms with van der Waals surface area (Å²) in [5, 5.41) is 0. The van der Waals surface area contributed by atoms with Gasteiger partial charge in [0.05, 0.1) is 6.20 Å².